The van der Waals surface area contributed by atoms with Crippen molar-refractivity contribution in [3.63, 3.8) is 0 Å². The minimum Gasteiger partial charge on any atom is -0.370 e. The summed E-state index contributed by atoms with van der Waals surface area (Å²) in [5.74, 6) is -0.262. The van der Waals surface area contributed by atoms with Gasteiger partial charge in [-0.3, -0.25) is 9.78 Å². The first kappa shape index (κ1) is 12.6. The summed E-state index contributed by atoms with van der Waals surface area (Å²) in [6.07, 6.45) is 1.06. The van der Waals surface area contributed by atoms with E-state index in [0.29, 0.717) is 12.8 Å². The van der Waals surface area contributed by atoms with Gasteiger partial charge in [0.15, 0.2) is 0 Å². The number of hydrogen-bond acceptors (Lipinski definition) is 2. The van der Waals surface area contributed by atoms with Crippen molar-refractivity contribution in [2.24, 2.45) is 5.73 Å². The largest absolute Gasteiger partial charge is 0.370 e. The highest BCUT2D eigenvalue weighted by atomic mass is 16.1. The number of nitrogens with zero attached hydrogens (tertiary/aromatic N) is 1. The second-order valence-corrected chi connectivity index (χ2v) is 4.87. The van der Waals surface area contributed by atoms with Gasteiger partial charge in [-0.2, -0.15) is 0 Å². The van der Waals surface area contributed by atoms with Gasteiger partial charge >= 0.3 is 0 Å². The molecule has 1 heterocycles. The average Bonchev–Trinajstić information content (AvgIpc) is 2.27. The number of aromatic nitrogens is 1. The van der Waals surface area contributed by atoms with E-state index in [0.717, 1.165) is 22.2 Å². The fourth-order valence-electron chi connectivity index (χ4n) is 2.36. The Labute approximate surface area is 107 Å². The Morgan fingerprint density at radius 2 is 1.94 bits per heavy atom. The Bertz CT molecular complexity index is 617. The maximum absolute atomic E-state index is 10.9. The van der Waals surface area contributed by atoms with Crippen LogP contribution in [-0.4, -0.2) is 10.9 Å². The van der Waals surface area contributed by atoms with Crippen LogP contribution in [0.25, 0.3) is 10.9 Å². The molecule has 0 aliphatic rings. The number of aryl methyl sites for hydroxylation is 4. The summed E-state index contributed by atoms with van der Waals surface area (Å²) in [6.45, 7) is 6.12. The average molecular weight is 242 g/mol. The van der Waals surface area contributed by atoms with E-state index >= 15 is 0 Å². The van der Waals surface area contributed by atoms with E-state index in [2.05, 4.69) is 31.0 Å². The molecule has 0 saturated carbocycles. The second-order valence-electron chi connectivity index (χ2n) is 4.87. The molecule has 18 heavy (non-hydrogen) atoms. The third-order valence-corrected chi connectivity index (χ3v) is 3.10. The molecule has 0 aliphatic carbocycles. The van der Waals surface area contributed by atoms with Crippen molar-refractivity contribution in [1.82, 2.24) is 4.98 Å². The quantitative estimate of drug-likeness (QED) is 0.899. The summed E-state index contributed by atoms with van der Waals surface area (Å²) in [6, 6.07) is 6.31. The van der Waals surface area contributed by atoms with Crippen LogP contribution in [0.15, 0.2) is 18.2 Å². The SMILES string of the molecule is Cc1cc(C)c2nc(C)cc(CCC(N)=O)c2c1. The maximum Gasteiger partial charge on any atom is 0.217 e. The van der Waals surface area contributed by atoms with Gasteiger partial charge in [0.25, 0.3) is 0 Å². The molecule has 0 bridgehead atoms. The molecule has 3 heteroatoms. The molecule has 1 amide bonds. The predicted octanol–water partition coefficient (Wildman–Crippen LogP) is 2.58. The monoisotopic (exact) mass is 242 g/mol. The number of carbonyl (C=O) groups excluding carboxylic acids is 1. The van der Waals surface area contributed by atoms with Crippen LogP contribution in [0.4, 0.5) is 0 Å². The zero-order chi connectivity index (χ0) is 13.3. The van der Waals surface area contributed by atoms with Gasteiger partial charge in [0.1, 0.15) is 0 Å². The summed E-state index contributed by atoms with van der Waals surface area (Å²) >= 11 is 0. The molecule has 0 spiro atoms. The van der Waals surface area contributed by atoms with E-state index in [-0.39, 0.29) is 5.91 Å². The predicted molar refractivity (Wildman–Crippen MR) is 73.5 cm³/mol. The second kappa shape index (κ2) is 4.77. The van der Waals surface area contributed by atoms with Gasteiger partial charge < -0.3 is 5.73 Å². The fraction of sp³-hybridized carbons (Fsp3) is 0.333. The van der Waals surface area contributed by atoms with Gasteiger partial charge in [-0.25, -0.2) is 0 Å². The molecule has 3 nitrogen and oxygen atoms in total. The number of primary amides is 1. The third-order valence-electron chi connectivity index (χ3n) is 3.10. The molecule has 0 saturated heterocycles. The lowest BCUT2D eigenvalue weighted by atomic mass is 9.99. The Kier molecular flexibility index (Phi) is 3.32. The molecule has 0 aliphatic heterocycles. The molecule has 0 radical (unpaired) electrons. The van der Waals surface area contributed by atoms with E-state index in [9.17, 15) is 4.79 Å². The lowest BCUT2D eigenvalue weighted by molar-refractivity contribution is -0.117. The molecule has 1 aromatic carbocycles. The zero-order valence-corrected chi connectivity index (χ0v) is 11.1. The van der Waals surface area contributed by atoms with Crippen LogP contribution in [0.3, 0.4) is 0 Å². The van der Waals surface area contributed by atoms with E-state index in [1.54, 1.807) is 0 Å². The minimum absolute atomic E-state index is 0.262. The Morgan fingerprint density at radius 3 is 2.61 bits per heavy atom. The number of hydrogen-bond donors (Lipinski definition) is 1. The van der Waals surface area contributed by atoms with Crippen LogP contribution in [-0.2, 0) is 11.2 Å². The molecule has 2 N–H and O–H groups in total. The van der Waals surface area contributed by atoms with Crippen molar-refractivity contribution in [3.8, 4) is 0 Å². The van der Waals surface area contributed by atoms with E-state index in [1.807, 2.05) is 13.0 Å². The molecule has 0 atom stereocenters. The topological polar surface area (TPSA) is 56.0 Å². The number of benzene rings is 1. The van der Waals surface area contributed by atoms with Gasteiger partial charge in [-0.15, -0.1) is 0 Å². The first-order valence-corrected chi connectivity index (χ1v) is 6.13. The van der Waals surface area contributed by atoms with Crippen LogP contribution < -0.4 is 5.73 Å². The van der Waals surface area contributed by atoms with Gasteiger partial charge in [-0.05, 0) is 50.5 Å². The Balaban J connectivity index is 2.60. The zero-order valence-electron chi connectivity index (χ0n) is 11.1. The highest BCUT2D eigenvalue weighted by Gasteiger charge is 2.08. The normalized spacial score (nSPS) is 10.8. The first-order chi connectivity index (χ1) is 8.47. The smallest absolute Gasteiger partial charge is 0.217 e. The van der Waals surface area contributed by atoms with Crippen molar-refractivity contribution in [1.29, 1.82) is 0 Å². The number of carbonyl (C=O) groups is 1. The molecule has 0 unspecified atom stereocenters. The van der Waals surface area contributed by atoms with E-state index in [1.165, 1.54) is 11.1 Å². The van der Waals surface area contributed by atoms with Crippen LogP contribution in [0.1, 0.15) is 28.8 Å². The van der Waals surface area contributed by atoms with E-state index in [4.69, 9.17) is 5.73 Å². The van der Waals surface area contributed by atoms with Gasteiger partial charge in [0, 0.05) is 17.5 Å². The standard InChI is InChI=1S/C15H18N2O/c1-9-6-10(2)15-13(7-9)12(4-5-14(16)18)8-11(3)17-15/h6-8H,4-5H2,1-3H3,(H2,16,18). The van der Waals surface area contributed by atoms with Crippen molar-refractivity contribution in [2.45, 2.75) is 33.6 Å². The van der Waals surface area contributed by atoms with Gasteiger partial charge in [0.2, 0.25) is 5.91 Å². The van der Waals surface area contributed by atoms with Crippen LogP contribution in [0, 0.1) is 20.8 Å². The number of rotatable bonds is 3. The van der Waals surface area contributed by atoms with Crippen LogP contribution >= 0.6 is 0 Å². The Hall–Kier alpha value is -1.90. The number of nitrogens with two attached hydrogens (primary N) is 1. The summed E-state index contributed by atoms with van der Waals surface area (Å²) < 4.78 is 0. The van der Waals surface area contributed by atoms with Crippen molar-refractivity contribution >= 4 is 16.8 Å². The molecule has 1 aromatic heterocycles. The molecular formula is C15H18N2O. The number of pyridine rings is 1. The molecule has 2 rings (SSSR count). The summed E-state index contributed by atoms with van der Waals surface area (Å²) in [5.41, 5.74) is 10.8. The molecule has 0 fully saturated rings. The summed E-state index contributed by atoms with van der Waals surface area (Å²) in [4.78, 5) is 15.5. The highest BCUT2D eigenvalue weighted by molar-refractivity contribution is 5.86. The Morgan fingerprint density at radius 1 is 1.22 bits per heavy atom. The third kappa shape index (κ3) is 2.50. The number of fused-ring (bicyclic) bond motifs is 1. The summed E-state index contributed by atoms with van der Waals surface area (Å²) in [7, 11) is 0. The van der Waals surface area contributed by atoms with Crippen molar-refractivity contribution in [2.75, 3.05) is 0 Å². The summed E-state index contributed by atoms with van der Waals surface area (Å²) in [5, 5.41) is 1.14. The molecular weight excluding hydrogens is 224 g/mol. The first-order valence-electron chi connectivity index (χ1n) is 6.13. The minimum atomic E-state index is -0.262. The fourth-order valence-corrected chi connectivity index (χ4v) is 2.36. The van der Waals surface area contributed by atoms with Crippen LogP contribution in [0.2, 0.25) is 0 Å². The van der Waals surface area contributed by atoms with Crippen molar-refractivity contribution in [3.05, 3.63) is 40.6 Å². The van der Waals surface area contributed by atoms with Crippen molar-refractivity contribution < 1.29 is 4.79 Å². The van der Waals surface area contributed by atoms with Crippen LogP contribution in [0.5, 0.6) is 0 Å². The molecule has 2 aromatic rings. The number of amides is 1. The lowest BCUT2D eigenvalue weighted by Gasteiger charge is -2.10. The van der Waals surface area contributed by atoms with Gasteiger partial charge in [0.05, 0.1) is 5.52 Å². The van der Waals surface area contributed by atoms with Gasteiger partial charge in [-0.1, -0.05) is 11.6 Å². The lowest BCUT2D eigenvalue weighted by Crippen LogP contribution is -2.11. The maximum atomic E-state index is 10.9. The highest BCUT2D eigenvalue weighted by Crippen LogP contribution is 2.24. The molecule has 94 valence electrons. The van der Waals surface area contributed by atoms with E-state index < -0.39 is 0 Å².